The number of aryl methyl sites for hydroxylation is 2. The molecule has 0 aliphatic heterocycles. The molecule has 3 aromatic rings. The van der Waals surface area contributed by atoms with Crippen LogP contribution in [-0.2, 0) is 0 Å². The second-order valence-electron chi connectivity index (χ2n) is 3.84. The fraction of sp³-hybridized carbons (Fsp3) is 0.167. The zero-order valence-corrected chi connectivity index (χ0v) is 9.95. The van der Waals surface area contributed by atoms with E-state index in [2.05, 4.69) is 28.5 Å². The van der Waals surface area contributed by atoms with E-state index >= 15 is 0 Å². The van der Waals surface area contributed by atoms with Gasteiger partial charge in [-0.15, -0.1) is 0 Å². The summed E-state index contributed by atoms with van der Waals surface area (Å²) in [6.45, 7) is 4.07. The summed E-state index contributed by atoms with van der Waals surface area (Å²) in [6, 6.07) is 10.2. The summed E-state index contributed by atoms with van der Waals surface area (Å²) in [5.41, 5.74) is 3.22. The molecule has 16 heavy (non-hydrogen) atoms. The summed E-state index contributed by atoms with van der Waals surface area (Å²) in [4.78, 5) is 0. The molecule has 1 aromatic carbocycles. The van der Waals surface area contributed by atoms with Gasteiger partial charge in [0.2, 0.25) is 0 Å². The van der Waals surface area contributed by atoms with E-state index in [1.807, 2.05) is 29.8 Å². The van der Waals surface area contributed by atoms with Crippen LogP contribution in [0.3, 0.4) is 0 Å². The predicted octanol–water partition coefficient (Wildman–Crippen LogP) is 3.10. The van der Waals surface area contributed by atoms with Crippen LogP contribution < -0.4 is 0 Å². The second-order valence-corrected chi connectivity index (χ2v) is 4.60. The molecular weight excluding hydrogens is 218 g/mol. The van der Waals surface area contributed by atoms with Crippen LogP contribution in [0.5, 0.6) is 0 Å². The standard InChI is InChI=1S/C12H11N3S/c1-8-7-9(2)15(13-8)12-10-5-3-4-6-11(10)14-16-12/h3-7H,1-2H3. The highest BCUT2D eigenvalue weighted by Crippen LogP contribution is 2.26. The number of aromatic nitrogens is 3. The Kier molecular flexibility index (Phi) is 2.04. The number of hydrogen-bond acceptors (Lipinski definition) is 3. The number of rotatable bonds is 1. The van der Waals surface area contributed by atoms with Crippen molar-refractivity contribution < 1.29 is 0 Å². The van der Waals surface area contributed by atoms with Crippen molar-refractivity contribution in [3.05, 3.63) is 41.7 Å². The highest BCUT2D eigenvalue weighted by atomic mass is 32.1. The van der Waals surface area contributed by atoms with E-state index in [0.29, 0.717) is 0 Å². The average molecular weight is 229 g/mol. The van der Waals surface area contributed by atoms with Gasteiger partial charge in [0.1, 0.15) is 5.00 Å². The normalized spacial score (nSPS) is 11.1. The second kappa shape index (κ2) is 3.42. The maximum Gasteiger partial charge on any atom is 0.145 e. The van der Waals surface area contributed by atoms with Crippen molar-refractivity contribution in [2.45, 2.75) is 13.8 Å². The van der Waals surface area contributed by atoms with E-state index in [-0.39, 0.29) is 0 Å². The molecule has 0 unspecified atom stereocenters. The van der Waals surface area contributed by atoms with Gasteiger partial charge in [0, 0.05) is 11.1 Å². The molecule has 0 saturated carbocycles. The van der Waals surface area contributed by atoms with Crippen molar-refractivity contribution in [3.8, 4) is 5.00 Å². The summed E-state index contributed by atoms with van der Waals surface area (Å²) in [5.74, 6) is 0. The number of hydrogen-bond donors (Lipinski definition) is 0. The van der Waals surface area contributed by atoms with Crippen molar-refractivity contribution in [2.24, 2.45) is 0 Å². The van der Waals surface area contributed by atoms with Crippen molar-refractivity contribution in [2.75, 3.05) is 0 Å². The van der Waals surface area contributed by atoms with Gasteiger partial charge in [0.05, 0.1) is 11.2 Å². The van der Waals surface area contributed by atoms with Crippen LogP contribution in [0.25, 0.3) is 15.9 Å². The third kappa shape index (κ3) is 1.34. The SMILES string of the molecule is Cc1cc(C)n(-c2snc3ccccc23)n1. The van der Waals surface area contributed by atoms with Gasteiger partial charge in [-0.1, -0.05) is 12.1 Å². The molecule has 4 heteroatoms. The van der Waals surface area contributed by atoms with Crippen LogP contribution in [0.1, 0.15) is 11.4 Å². The first kappa shape index (κ1) is 9.54. The Morgan fingerprint density at radius 2 is 2.00 bits per heavy atom. The summed E-state index contributed by atoms with van der Waals surface area (Å²) in [5, 5.41) is 6.75. The minimum atomic E-state index is 1.04. The van der Waals surface area contributed by atoms with Gasteiger partial charge in [-0.2, -0.15) is 9.47 Å². The van der Waals surface area contributed by atoms with E-state index in [9.17, 15) is 0 Å². The van der Waals surface area contributed by atoms with E-state index in [1.54, 1.807) is 0 Å². The smallest absolute Gasteiger partial charge is 0.145 e. The molecule has 2 heterocycles. The van der Waals surface area contributed by atoms with Crippen molar-refractivity contribution >= 4 is 22.4 Å². The van der Waals surface area contributed by atoms with Crippen LogP contribution in [0, 0.1) is 13.8 Å². The van der Waals surface area contributed by atoms with Gasteiger partial charge in [0.25, 0.3) is 0 Å². The van der Waals surface area contributed by atoms with E-state index < -0.39 is 0 Å². The Balaban J connectivity index is 2.30. The van der Waals surface area contributed by atoms with Crippen molar-refractivity contribution in [1.82, 2.24) is 14.2 Å². The zero-order chi connectivity index (χ0) is 11.1. The monoisotopic (exact) mass is 229 g/mol. The molecule has 0 aliphatic carbocycles. The Labute approximate surface area is 97.5 Å². The minimum Gasteiger partial charge on any atom is -0.226 e. The molecule has 0 N–H and O–H groups in total. The predicted molar refractivity (Wildman–Crippen MR) is 66.2 cm³/mol. The minimum absolute atomic E-state index is 1.04. The molecule has 0 aliphatic rings. The summed E-state index contributed by atoms with van der Waals surface area (Å²) >= 11 is 1.49. The molecule has 0 saturated heterocycles. The Morgan fingerprint density at radius 3 is 2.75 bits per heavy atom. The van der Waals surface area contributed by atoms with E-state index in [0.717, 1.165) is 21.9 Å². The third-order valence-corrected chi connectivity index (χ3v) is 3.42. The summed E-state index contributed by atoms with van der Waals surface area (Å²) in [6.07, 6.45) is 0. The Bertz CT molecular complexity index is 651. The number of benzene rings is 1. The molecule has 3 nitrogen and oxygen atoms in total. The van der Waals surface area contributed by atoms with E-state index in [1.165, 1.54) is 16.9 Å². The quantitative estimate of drug-likeness (QED) is 0.642. The third-order valence-electron chi connectivity index (χ3n) is 2.57. The van der Waals surface area contributed by atoms with Gasteiger partial charge >= 0.3 is 0 Å². The lowest BCUT2D eigenvalue weighted by Gasteiger charge is -1.99. The lowest BCUT2D eigenvalue weighted by atomic mass is 10.2. The van der Waals surface area contributed by atoms with Gasteiger partial charge in [-0.05, 0) is 43.6 Å². The van der Waals surface area contributed by atoms with Crippen LogP contribution in [0.2, 0.25) is 0 Å². The molecule has 3 rings (SSSR count). The maximum absolute atomic E-state index is 4.49. The lowest BCUT2D eigenvalue weighted by Crippen LogP contribution is -1.96. The zero-order valence-electron chi connectivity index (χ0n) is 9.14. The van der Waals surface area contributed by atoms with E-state index in [4.69, 9.17) is 0 Å². The molecule has 0 spiro atoms. The fourth-order valence-corrected chi connectivity index (χ4v) is 2.74. The van der Waals surface area contributed by atoms with Gasteiger partial charge in [-0.3, -0.25) is 0 Å². The molecule has 80 valence electrons. The lowest BCUT2D eigenvalue weighted by molar-refractivity contribution is 0.853. The molecule has 0 atom stereocenters. The Hall–Kier alpha value is -1.68. The summed E-state index contributed by atoms with van der Waals surface area (Å²) < 4.78 is 6.39. The summed E-state index contributed by atoms with van der Waals surface area (Å²) in [7, 11) is 0. The number of fused-ring (bicyclic) bond motifs is 1. The first-order chi connectivity index (χ1) is 7.75. The fourth-order valence-electron chi connectivity index (χ4n) is 1.86. The maximum atomic E-state index is 4.49. The van der Waals surface area contributed by atoms with Crippen molar-refractivity contribution in [3.63, 3.8) is 0 Å². The topological polar surface area (TPSA) is 30.7 Å². The van der Waals surface area contributed by atoms with Gasteiger partial charge < -0.3 is 0 Å². The molecular formula is C12H11N3S. The molecule has 0 amide bonds. The first-order valence-corrected chi connectivity index (χ1v) is 5.91. The average Bonchev–Trinajstić information content (AvgIpc) is 2.81. The molecule has 0 bridgehead atoms. The largest absolute Gasteiger partial charge is 0.226 e. The van der Waals surface area contributed by atoms with Crippen LogP contribution in [-0.4, -0.2) is 14.2 Å². The highest BCUT2D eigenvalue weighted by molar-refractivity contribution is 7.10. The molecule has 0 fully saturated rings. The van der Waals surface area contributed by atoms with Crippen LogP contribution >= 0.6 is 11.5 Å². The van der Waals surface area contributed by atoms with Crippen LogP contribution in [0.4, 0.5) is 0 Å². The number of nitrogens with zero attached hydrogens (tertiary/aromatic N) is 3. The molecule has 2 aromatic heterocycles. The van der Waals surface area contributed by atoms with Gasteiger partial charge in [0.15, 0.2) is 0 Å². The highest BCUT2D eigenvalue weighted by Gasteiger charge is 2.10. The van der Waals surface area contributed by atoms with Gasteiger partial charge in [-0.25, -0.2) is 4.68 Å². The van der Waals surface area contributed by atoms with Crippen LogP contribution in [0.15, 0.2) is 30.3 Å². The first-order valence-electron chi connectivity index (χ1n) is 5.14. The Morgan fingerprint density at radius 1 is 1.19 bits per heavy atom. The van der Waals surface area contributed by atoms with Crippen molar-refractivity contribution in [1.29, 1.82) is 0 Å². The molecule has 0 radical (unpaired) electrons.